The highest BCUT2D eigenvalue weighted by atomic mass is 32.2. The van der Waals surface area contributed by atoms with Gasteiger partial charge in [0.05, 0.1) is 17.2 Å². The lowest BCUT2D eigenvalue weighted by molar-refractivity contribution is 0.501. The summed E-state index contributed by atoms with van der Waals surface area (Å²) in [5, 5.41) is 4.87. The van der Waals surface area contributed by atoms with Gasteiger partial charge < -0.3 is 12.9 Å². The summed E-state index contributed by atoms with van der Waals surface area (Å²) < 4.78 is 67.2. The van der Waals surface area contributed by atoms with E-state index in [4.69, 9.17) is 5.14 Å². The van der Waals surface area contributed by atoms with Crippen LogP contribution in [0.15, 0.2) is 17.0 Å². The third-order valence-electron chi connectivity index (χ3n) is 2.07. The fourth-order valence-electron chi connectivity index (χ4n) is 1.36. The fourth-order valence-corrected chi connectivity index (χ4v) is 2.66. The molecule has 1 aromatic heterocycles. The van der Waals surface area contributed by atoms with Gasteiger partial charge in [-0.15, -0.1) is 0 Å². The molecular weight excluding hydrogens is 278 g/mol. The molecule has 5 nitrogen and oxygen atoms in total. The van der Waals surface area contributed by atoms with Gasteiger partial charge in [-0.2, -0.15) is 8.75 Å². The molecule has 0 aliphatic rings. The monoisotopic (exact) mass is 282 g/mol. The van der Waals surface area contributed by atoms with Crippen LogP contribution in [0, 0.1) is 0 Å². The first-order chi connectivity index (χ1) is 7.71. The van der Waals surface area contributed by atoms with Gasteiger partial charge in [0.1, 0.15) is 10.4 Å². The van der Waals surface area contributed by atoms with Crippen LogP contribution in [0.5, 0.6) is 0 Å². The standard InChI is InChI=1S/C6H4BF3N3O2S2/c8-7(9,10)3-1-2-4(17(11,14)15)6-5(3)12-16-13-6/h1-2H,(H2,11,14,15)/q-1. The molecule has 1 aromatic carbocycles. The molecule has 0 radical (unpaired) electrons. The number of primary sulfonamides is 1. The Morgan fingerprint density at radius 3 is 2.29 bits per heavy atom. The molecule has 2 rings (SSSR count). The molecule has 0 spiro atoms. The average molecular weight is 282 g/mol. The molecule has 11 heteroatoms. The second-order valence-corrected chi connectivity index (χ2v) is 5.29. The normalized spacial score (nSPS) is 13.2. The van der Waals surface area contributed by atoms with Crippen LogP contribution in [0.4, 0.5) is 12.9 Å². The number of fused-ring (bicyclic) bond motifs is 1. The molecule has 0 unspecified atom stereocenters. The van der Waals surface area contributed by atoms with Gasteiger partial charge in [-0.3, -0.25) is 0 Å². The quantitative estimate of drug-likeness (QED) is 0.807. The third-order valence-corrected chi connectivity index (χ3v) is 3.54. The van der Waals surface area contributed by atoms with Crippen LogP contribution >= 0.6 is 11.7 Å². The highest BCUT2D eigenvalue weighted by Crippen LogP contribution is 2.22. The van der Waals surface area contributed by atoms with E-state index < -0.39 is 32.9 Å². The van der Waals surface area contributed by atoms with Crippen molar-refractivity contribution in [2.45, 2.75) is 4.90 Å². The summed E-state index contributed by atoms with van der Waals surface area (Å²) in [5.41, 5.74) is -1.79. The highest BCUT2D eigenvalue weighted by Gasteiger charge is 2.30. The maximum Gasteiger partial charge on any atom is 0.511 e. The lowest BCUT2D eigenvalue weighted by Gasteiger charge is -2.15. The predicted molar refractivity (Wildman–Crippen MR) is 57.5 cm³/mol. The van der Waals surface area contributed by atoms with Crippen molar-refractivity contribution in [3.8, 4) is 0 Å². The first-order valence-corrected chi connectivity index (χ1v) is 6.47. The number of sulfonamides is 1. The Kier molecular flexibility index (Phi) is 2.63. The van der Waals surface area contributed by atoms with Crippen molar-refractivity contribution < 1.29 is 21.4 Å². The maximum absolute atomic E-state index is 12.6. The van der Waals surface area contributed by atoms with Crippen LogP contribution in [0.1, 0.15) is 0 Å². The van der Waals surface area contributed by atoms with Crippen LogP contribution in [-0.2, 0) is 10.0 Å². The second-order valence-electron chi connectivity index (χ2n) is 3.23. The van der Waals surface area contributed by atoms with Crippen LogP contribution in [0.25, 0.3) is 11.0 Å². The molecule has 2 aromatic rings. The Labute approximate surface area is 97.9 Å². The van der Waals surface area contributed by atoms with Gasteiger partial charge in [0.15, 0.2) is 0 Å². The van der Waals surface area contributed by atoms with Crippen molar-refractivity contribution in [2.75, 3.05) is 0 Å². The van der Waals surface area contributed by atoms with E-state index in [1.54, 1.807) is 0 Å². The zero-order chi connectivity index (χ0) is 12.8. The largest absolute Gasteiger partial charge is 0.511 e. The lowest BCUT2D eigenvalue weighted by Crippen LogP contribution is -2.35. The molecule has 0 aliphatic heterocycles. The van der Waals surface area contributed by atoms with Gasteiger partial charge in [-0.25, -0.2) is 13.6 Å². The van der Waals surface area contributed by atoms with Gasteiger partial charge in [-0.1, -0.05) is 11.5 Å². The summed E-state index contributed by atoms with van der Waals surface area (Å²) in [4.78, 5) is -0.454. The van der Waals surface area contributed by atoms with Gasteiger partial charge in [0.2, 0.25) is 10.0 Å². The van der Waals surface area contributed by atoms with E-state index in [1.807, 2.05) is 0 Å². The summed E-state index contributed by atoms with van der Waals surface area (Å²) in [5.74, 6) is 0. The first-order valence-electron chi connectivity index (χ1n) is 4.19. The molecule has 0 amide bonds. The van der Waals surface area contributed by atoms with Crippen molar-refractivity contribution in [2.24, 2.45) is 5.14 Å². The Morgan fingerprint density at radius 2 is 1.76 bits per heavy atom. The van der Waals surface area contributed by atoms with Crippen LogP contribution in [-0.4, -0.2) is 24.1 Å². The van der Waals surface area contributed by atoms with Crippen molar-refractivity contribution >= 4 is 45.2 Å². The zero-order valence-corrected chi connectivity index (χ0v) is 9.60. The number of benzene rings is 1. The fraction of sp³-hybridized carbons (Fsp3) is 0. The average Bonchev–Trinajstić information content (AvgIpc) is 2.60. The number of nitrogens with zero attached hydrogens (tertiary/aromatic N) is 2. The third kappa shape index (κ3) is 2.12. The predicted octanol–water partition coefficient (Wildman–Crippen LogP) is 0.393. The minimum Gasteiger partial charge on any atom is -0.445 e. The molecule has 0 atom stereocenters. The molecule has 0 fully saturated rings. The molecule has 92 valence electrons. The zero-order valence-electron chi connectivity index (χ0n) is 7.97. The number of hydrogen-bond donors (Lipinski definition) is 1. The lowest BCUT2D eigenvalue weighted by atomic mass is 9.79. The summed E-state index contributed by atoms with van der Waals surface area (Å²) >= 11 is 0.503. The summed E-state index contributed by atoms with van der Waals surface area (Å²) in [6.45, 7) is -5.27. The second kappa shape index (κ2) is 3.65. The summed E-state index contributed by atoms with van der Waals surface area (Å²) in [6.07, 6.45) is 0. The Bertz CT molecular complexity index is 681. The molecule has 0 aliphatic carbocycles. The van der Waals surface area contributed by atoms with Crippen LogP contribution < -0.4 is 10.6 Å². The van der Waals surface area contributed by atoms with E-state index in [9.17, 15) is 21.4 Å². The van der Waals surface area contributed by atoms with E-state index in [0.29, 0.717) is 17.8 Å². The molecule has 17 heavy (non-hydrogen) atoms. The molecule has 0 saturated heterocycles. The van der Waals surface area contributed by atoms with Gasteiger partial charge in [0, 0.05) is 0 Å². The van der Waals surface area contributed by atoms with Crippen molar-refractivity contribution in [1.29, 1.82) is 0 Å². The van der Waals surface area contributed by atoms with E-state index in [2.05, 4.69) is 8.75 Å². The first kappa shape index (κ1) is 12.3. The van der Waals surface area contributed by atoms with Gasteiger partial charge >= 0.3 is 6.98 Å². The van der Waals surface area contributed by atoms with E-state index in [1.165, 1.54) is 0 Å². The van der Waals surface area contributed by atoms with Gasteiger partial charge in [0.25, 0.3) is 0 Å². The summed E-state index contributed by atoms with van der Waals surface area (Å²) in [7, 11) is -4.12. The van der Waals surface area contributed by atoms with Crippen molar-refractivity contribution in [3.05, 3.63) is 12.1 Å². The van der Waals surface area contributed by atoms with Crippen molar-refractivity contribution in [1.82, 2.24) is 8.75 Å². The SMILES string of the molecule is NS(=O)(=O)c1ccc([B-](F)(F)F)c2nsnc12. The number of halogens is 3. The highest BCUT2D eigenvalue weighted by molar-refractivity contribution is 7.89. The molecule has 0 saturated carbocycles. The maximum atomic E-state index is 12.6. The Morgan fingerprint density at radius 1 is 1.18 bits per heavy atom. The number of nitrogens with two attached hydrogens (primary N) is 1. The van der Waals surface area contributed by atoms with E-state index in [-0.39, 0.29) is 5.52 Å². The van der Waals surface area contributed by atoms with E-state index in [0.717, 1.165) is 6.07 Å². The minimum atomic E-state index is -5.27. The topological polar surface area (TPSA) is 85.9 Å². The van der Waals surface area contributed by atoms with Crippen molar-refractivity contribution in [3.63, 3.8) is 0 Å². The van der Waals surface area contributed by atoms with Gasteiger partial charge in [-0.05, 0) is 6.07 Å². The number of aromatic nitrogens is 2. The number of rotatable bonds is 2. The molecule has 1 heterocycles. The molecule has 0 bridgehead atoms. The van der Waals surface area contributed by atoms with E-state index >= 15 is 0 Å². The Hall–Kier alpha value is -1.20. The Balaban J connectivity index is 2.86. The number of hydrogen-bond acceptors (Lipinski definition) is 5. The van der Waals surface area contributed by atoms with Crippen LogP contribution in [0.2, 0.25) is 0 Å². The molecular formula is C6H4BF3N3O2S2-. The minimum absolute atomic E-state index is 0.339. The smallest absolute Gasteiger partial charge is 0.445 e. The van der Waals surface area contributed by atoms with Crippen LogP contribution in [0.3, 0.4) is 0 Å². The summed E-state index contributed by atoms with van der Waals surface area (Å²) in [6, 6.07) is 1.45. The molecule has 2 N–H and O–H groups in total.